The van der Waals surface area contributed by atoms with Gasteiger partial charge in [0.25, 0.3) is 0 Å². The first kappa shape index (κ1) is 14.0. The summed E-state index contributed by atoms with van der Waals surface area (Å²) >= 11 is 0. The van der Waals surface area contributed by atoms with Crippen molar-refractivity contribution in [1.82, 2.24) is 4.90 Å². The van der Waals surface area contributed by atoms with E-state index in [9.17, 15) is 4.79 Å². The smallest absolute Gasteiger partial charge is 0.217 e. The van der Waals surface area contributed by atoms with Crippen molar-refractivity contribution in [3.8, 4) is 0 Å². The molecule has 0 radical (unpaired) electrons. The number of nitrogens with zero attached hydrogens (tertiary/aromatic N) is 1. The molecule has 0 aromatic heterocycles. The molecule has 0 aliphatic carbocycles. The number of hydrogen-bond donors (Lipinski definition) is 1. The average molecular weight is 174 g/mol. The van der Waals surface area contributed by atoms with E-state index in [4.69, 9.17) is 0 Å². The van der Waals surface area contributed by atoms with Gasteiger partial charge in [0.1, 0.15) is 0 Å². The largest absolute Gasteiger partial charge is 0.370 e. The van der Waals surface area contributed by atoms with E-state index in [0.29, 0.717) is 6.42 Å². The standard InChI is InChI=1S/C6H15N.C3H7NO/c1-4-7(5-2)6-3;1-2-3(4)5/h4-6H2,1-3H3;2H2,1H3,(H2,4,5). The maximum atomic E-state index is 9.59. The van der Waals surface area contributed by atoms with Gasteiger partial charge in [0.05, 0.1) is 0 Å². The van der Waals surface area contributed by atoms with Crippen LogP contribution in [0.2, 0.25) is 0 Å². The van der Waals surface area contributed by atoms with Crippen LogP contribution in [0.15, 0.2) is 0 Å². The van der Waals surface area contributed by atoms with Crippen LogP contribution in [-0.4, -0.2) is 30.4 Å². The zero-order chi connectivity index (χ0) is 9.98. The number of carbonyl (C=O) groups is 1. The number of primary amides is 1. The van der Waals surface area contributed by atoms with Gasteiger partial charge in [-0.05, 0) is 19.6 Å². The molecule has 0 aromatic rings. The summed E-state index contributed by atoms with van der Waals surface area (Å²) in [4.78, 5) is 12.0. The Labute approximate surface area is 75.9 Å². The van der Waals surface area contributed by atoms with Gasteiger partial charge in [0, 0.05) is 6.42 Å². The number of amides is 1. The van der Waals surface area contributed by atoms with E-state index in [1.807, 2.05) is 0 Å². The van der Waals surface area contributed by atoms with Gasteiger partial charge in [-0.1, -0.05) is 27.7 Å². The monoisotopic (exact) mass is 174 g/mol. The molecule has 0 heterocycles. The second-order valence-corrected chi connectivity index (χ2v) is 2.44. The lowest BCUT2D eigenvalue weighted by atomic mass is 10.5. The maximum absolute atomic E-state index is 9.59. The molecular formula is C9H22N2O. The van der Waals surface area contributed by atoms with Gasteiger partial charge in [-0.25, -0.2) is 0 Å². The molecule has 74 valence electrons. The molecule has 0 bridgehead atoms. The number of rotatable bonds is 4. The maximum Gasteiger partial charge on any atom is 0.217 e. The summed E-state index contributed by atoms with van der Waals surface area (Å²) in [5.74, 6) is -0.245. The molecule has 2 N–H and O–H groups in total. The summed E-state index contributed by atoms with van der Waals surface area (Å²) in [5.41, 5.74) is 4.65. The van der Waals surface area contributed by atoms with Crippen LogP contribution in [0.1, 0.15) is 34.1 Å². The van der Waals surface area contributed by atoms with Crippen LogP contribution in [0, 0.1) is 0 Å². The molecule has 0 aliphatic rings. The van der Waals surface area contributed by atoms with Crippen LogP contribution in [0.3, 0.4) is 0 Å². The van der Waals surface area contributed by atoms with E-state index in [0.717, 1.165) is 0 Å². The molecule has 0 unspecified atom stereocenters. The lowest BCUT2D eigenvalue weighted by Crippen LogP contribution is -2.21. The summed E-state index contributed by atoms with van der Waals surface area (Å²) in [7, 11) is 0. The molecule has 1 amide bonds. The summed E-state index contributed by atoms with van der Waals surface area (Å²) < 4.78 is 0. The number of carbonyl (C=O) groups excluding carboxylic acids is 1. The molecule has 0 spiro atoms. The highest BCUT2D eigenvalue weighted by atomic mass is 16.1. The fourth-order valence-corrected chi connectivity index (χ4v) is 0.671. The first-order chi connectivity index (χ1) is 5.62. The first-order valence-corrected chi connectivity index (χ1v) is 4.62. The van der Waals surface area contributed by atoms with E-state index in [1.165, 1.54) is 19.6 Å². The Hall–Kier alpha value is -0.570. The van der Waals surface area contributed by atoms with Gasteiger partial charge in [-0.2, -0.15) is 0 Å². The summed E-state index contributed by atoms with van der Waals surface area (Å²) in [6.07, 6.45) is 0.444. The van der Waals surface area contributed by atoms with Crippen molar-refractivity contribution < 1.29 is 4.79 Å². The highest BCUT2D eigenvalue weighted by Crippen LogP contribution is 1.81. The number of nitrogens with two attached hydrogens (primary N) is 1. The van der Waals surface area contributed by atoms with Gasteiger partial charge in [-0.3, -0.25) is 4.79 Å². The zero-order valence-electron chi connectivity index (χ0n) is 8.76. The summed E-state index contributed by atoms with van der Waals surface area (Å²) in [6, 6.07) is 0. The van der Waals surface area contributed by atoms with E-state index in [-0.39, 0.29) is 5.91 Å². The van der Waals surface area contributed by atoms with E-state index in [1.54, 1.807) is 6.92 Å². The van der Waals surface area contributed by atoms with Crippen LogP contribution >= 0.6 is 0 Å². The van der Waals surface area contributed by atoms with Crippen molar-refractivity contribution in [2.24, 2.45) is 5.73 Å². The third-order valence-electron chi connectivity index (χ3n) is 1.69. The zero-order valence-corrected chi connectivity index (χ0v) is 8.76. The Balaban J connectivity index is 0. The molecule has 12 heavy (non-hydrogen) atoms. The van der Waals surface area contributed by atoms with Crippen molar-refractivity contribution in [3.05, 3.63) is 0 Å². The lowest BCUT2D eigenvalue weighted by Gasteiger charge is -2.13. The van der Waals surface area contributed by atoms with Crippen molar-refractivity contribution in [2.75, 3.05) is 19.6 Å². The SMILES string of the molecule is CCC(N)=O.CCN(CC)CC. The quantitative estimate of drug-likeness (QED) is 0.696. The van der Waals surface area contributed by atoms with Gasteiger partial charge in [-0.15, -0.1) is 0 Å². The Morgan fingerprint density at radius 2 is 1.33 bits per heavy atom. The normalized spacial score (nSPS) is 9.08. The minimum absolute atomic E-state index is 0.245. The molecule has 3 nitrogen and oxygen atoms in total. The molecule has 0 atom stereocenters. The van der Waals surface area contributed by atoms with Crippen molar-refractivity contribution in [3.63, 3.8) is 0 Å². The second-order valence-electron chi connectivity index (χ2n) is 2.44. The van der Waals surface area contributed by atoms with Crippen LogP contribution in [0.5, 0.6) is 0 Å². The molecular weight excluding hydrogens is 152 g/mol. The van der Waals surface area contributed by atoms with Crippen molar-refractivity contribution in [1.29, 1.82) is 0 Å². The molecule has 0 aromatic carbocycles. The minimum atomic E-state index is -0.245. The fraction of sp³-hybridized carbons (Fsp3) is 0.889. The highest BCUT2D eigenvalue weighted by Gasteiger charge is 1.89. The van der Waals surface area contributed by atoms with E-state index >= 15 is 0 Å². The van der Waals surface area contributed by atoms with Gasteiger partial charge >= 0.3 is 0 Å². The van der Waals surface area contributed by atoms with E-state index < -0.39 is 0 Å². The minimum Gasteiger partial charge on any atom is -0.370 e. The highest BCUT2D eigenvalue weighted by molar-refractivity contribution is 5.73. The van der Waals surface area contributed by atoms with Crippen LogP contribution < -0.4 is 5.73 Å². The van der Waals surface area contributed by atoms with Crippen LogP contribution in [0.25, 0.3) is 0 Å². The lowest BCUT2D eigenvalue weighted by molar-refractivity contribution is -0.117. The average Bonchev–Trinajstić information content (AvgIpc) is 2.09. The molecule has 0 aliphatic heterocycles. The summed E-state index contributed by atoms with van der Waals surface area (Å²) in [6.45, 7) is 11.8. The van der Waals surface area contributed by atoms with E-state index in [2.05, 4.69) is 31.4 Å². The van der Waals surface area contributed by atoms with Gasteiger partial charge in [0.2, 0.25) is 5.91 Å². The molecule has 0 saturated carbocycles. The Morgan fingerprint density at radius 1 is 1.08 bits per heavy atom. The Kier molecular flexibility index (Phi) is 12.2. The fourth-order valence-electron chi connectivity index (χ4n) is 0.671. The molecule has 0 rings (SSSR count). The van der Waals surface area contributed by atoms with Crippen LogP contribution in [0.4, 0.5) is 0 Å². The molecule has 0 saturated heterocycles. The summed E-state index contributed by atoms with van der Waals surface area (Å²) in [5, 5.41) is 0. The number of hydrogen-bond acceptors (Lipinski definition) is 2. The predicted molar refractivity (Wildman–Crippen MR) is 52.9 cm³/mol. The van der Waals surface area contributed by atoms with Gasteiger partial charge < -0.3 is 10.6 Å². The Bertz CT molecular complexity index is 95.2. The first-order valence-electron chi connectivity index (χ1n) is 4.62. The third kappa shape index (κ3) is 12.1. The van der Waals surface area contributed by atoms with Crippen molar-refractivity contribution in [2.45, 2.75) is 34.1 Å². The third-order valence-corrected chi connectivity index (χ3v) is 1.69. The molecule has 0 fully saturated rings. The molecule has 3 heteroatoms. The Morgan fingerprint density at radius 3 is 1.33 bits per heavy atom. The predicted octanol–water partition coefficient (Wildman–Crippen LogP) is 1.23. The van der Waals surface area contributed by atoms with Crippen molar-refractivity contribution >= 4 is 5.91 Å². The topological polar surface area (TPSA) is 46.3 Å². The second kappa shape index (κ2) is 10.4. The van der Waals surface area contributed by atoms with Crippen LogP contribution in [-0.2, 0) is 4.79 Å². The van der Waals surface area contributed by atoms with Gasteiger partial charge in [0.15, 0.2) is 0 Å².